The van der Waals surface area contributed by atoms with E-state index in [1.165, 1.54) is 6.07 Å². The van der Waals surface area contributed by atoms with Gasteiger partial charge in [-0.15, -0.1) is 12.4 Å². The standard InChI is InChI=1S/C14H19N3O3.ClH/c18-14(9-11-5-7-15-8-6-11)16-10-12-3-1-2-4-13(12)17(19)20;/h1-4,11,15H,5-10H2,(H,16,18);1H. The maximum Gasteiger partial charge on any atom is 0.274 e. The topological polar surface area (TPSA) is 84.3 Å². The number of nitro benzene ring substituents is 1. The monoisotopic (exact) mass is 313 g/mol. The van der Waals surface area contributed by atoms with Gasteiger partial charge in [-0.3, -0.25) is 14.9 Å². The van der Waals surface area contributed by atoms with E-state index in [9.17, 15) is 14.9 Å². The number of amides is 1. The van der Waals surface area contributed by atoms with E-state index in [1.54, 1.807) is 18.2 Å². The van der Waals surface area contributed by atoms with Gasteiger partial charge in [-0.1, -0.05) is 18.2 Å². The Hall–Kier alpha value is -1.66. The van der Waals surface area contributed by atoms with Gasteiger partial charge in [0.2, 0.25) is 5.91 Å². The van der Waals surface area contributed by atoms with Crippen molar-refractivity contribution in [2.24, 2.45) is 5.92 Å². The quantitative estimate of drug-likeness (QED) is 0.643. The molecule has 1 aromatic rings. The van der Waals surface area contributed by atoms with Gasteiger partial charge < -0.3 is 10.6 Å². The molecule has 1 aromatic carbocycles. The third kappa shape index (κ3) is 5.32. The number of para-hydroxylation sites is 1. The number of nitrogens with one attached hydrogen (secondary N) is 2. The van der Waals surface area contributed by atoms with Gasteiger partial charge in [-0.25, -0.2) is 0 Å². The van der Waals surface area contributed by atoms with Crippen LogP contribution >= 0.6 is 12.4 Å². The van der Waals surface area contributed by atoms with Crippen molar-refractivity contribution >= 4 is 24.0 Å². The van der Waals surface area contributed by atoms with Crippen LogP contribution in [-0.4, -0.2) is 23.9 Å². The molecule has 21 heavy (non-hydrogen) atoms. The molecule has 0 unspecified atom stereocenters. The van der Waals surface area contributed by atoms with Gasteiger partial charge in [0.15, 0.2) is 0 Å². The van der Waals surface area contributed by atoms with Gasteiger partial charge in [0.25, 0.3) is 5.69 Å². The summed E-state index contributed by atoms with van der Waals surface area (Å²) in [5, 5.41) is 16.9. The van der Waals surface area contributed by atoms with Crippen molar-refractivity contribution in [2.45, 2.75) is 25.8 Å². The van der Waals surface area contributed by atoms with Gasteiger partial charge in [-0.2, -0.15) is 0 Å². The number of nitro groups is 1. The minimum absolute atomic E-state index is 0. The van der Waals surface area contributed by atoms with E-state index in [-0.39, 0.29) is 30.5 Å². The van der Waals surface area contributed by atoms with E-state index in [0.29, 0.717) is 17.9 Å². The van der Waals surface area contributed by atoms with Crippen LogP contribution in [0.3, 0.4) is 0 Å². The summed E-state index contributed by atoms with van der Waals surface area (Å²) in [5.74, 6) is 0.386. The summed E-state index contributed by atoms with van der Waals surface area (Å²) >= 11 is 0. The van der Waals surface area contributed by atoms with Gasteiger partial charge in [-0.05, 0) is 31.8 Å². The highest BCUT2D eigenvalue weighted by Gasteiger charge is 2.17. The fourth-order valence-electron chi connectivity index (χ4n) is 2.45. The maximum atomic E-state index is 11.9. The lowest BCUT2D eigenvalue weighted by molar-refractivity contribution is -0.385. The smallest absolute Gasteiger partial charge is 0.274 e. The van der Waals surface area contributed by atoms with Crippen molar-refractivity contribution < 1.29 is 9.72 Å². The van der Waals surface area contributed by atoms with Crippen molar-refractivity contribution in [2.75, 3.05) is 13.1 Å². The van der Waals surface area contributed by atoms with Crippen LogP contribution in [0.4, 0.5) is 5.69 Å². The number of halogens is 1. The van der Waals surface area contributed by atoms with Gasteiger partial charge in [0.1, 0.15) is 0 Å². The first kappa shape index (κ1) is 17.4. The first-order valence-corrected chi connectivity index (χ1v) is 6.86. The van der Waals surface area contributed by atoms with Crippen LogP contribution in [0.15, 0.2) is 24.3 Å². The van der Waals surface area contributed by atoms with Crippen LogP contribution in [-0.2, 0) is 11.3 Å². The molecule has 7 heteroatoms. The molecule has 0 aromatic heterocycles. The van der Waals surface area contributed by atoms with Crippen molar-refractivity contribution in [3.63, 3.8) is 0 Å². The van der Waals surface area contributed by atoms with E-state index >= 15 is 0 Å². The summed E-state index contributed by atoms with van der Waals surface area (Å²) < 4.78 is 0. The maximum absolute atomic E-state index is 11.9. The molecule has 1 amide bonds. The molecule has 0 aliphatic carbocycles. The summed E-state index contributed by atoms with van der Waals surface area (Å²) in [5.41, 5.74) is 0.589. The number of hydrogen-bond donors (Lipinski definition) is 2. The zero-order valence-electron chi connectivity index (χ0n) is 11.7. The van der Waals surface area contributed by atoms with E-state index < -0.39 is 4.92 Å². The van der Waals surface area contributed by atoms with E-state index in [0.717, 1.165) is 25.9 Å². The summed E-state index contributed by atoms with van der Waals surface area (Å²) in [7, 11) is 0. The molecular weight excluding hydrogens is 294 g/mol. The predicted octanol–water partition coefficient (Wildman–Crippen LogP) is 2.02. The Bertz CT molecular complexity index is 490. The van der Waals surface area contributed by atoms with Crippen molar-refractivity contribution in [1.82, 2.24) is 10.6 Å². The van der Waals surface area contributed by atoms with E-state index in [4.69, 9.17) is 0 Å². The molecule has 0 saturated carbocycles. The number of rotatable bonds is 5. The second-order valence-electron chi connectivity index (χ2n) is 5.06. The largest absolute Gasteiger partial charge is 0.352 e. The zero-order chi connectivity index (χ0) is 14.4. The highest BCUT2D eigenvalue weighted by molar-refractivity contribution is 5.85. The molecule has 0 bridgehead atoms. The molecular formula is C14H20ClN3O3. The normalized spacial score (nSPS) is 15.0. The van der Waals surface area contributed by atoms with Crippen molar-refractivity contribution in [3.8, 4) is 0 Å². The highest BCUT2D eigenvalue weighted by Crippen LogP contribution is 2.18. The first-order valence-electron chi connectivity index (χ1n) is 6.86. The summed E-state index contributed by atoms with van der Waals surface area (Å²) in [6.45, 7) is 2.13. The number of hydrogen-bond acceptors (Lipinski definition) is 4. The summed E-state index contributed by atoms with van der Waals surface area (Å²) in [4.78, 5) is 22.3. The van der Waals surface area contributed by atoms with E-state index in [1.807, 2.05) is 0 Å². The molecule has 116 valence electrons. The third-order valence-corrected chi connectivity index (χ3v) is 3.60. The Balaban J connectivity index is 0.00000220. The Morgan fingerprint density at radius 1 is 1.33 bits per heavy atom. The van der Waals surface area contributed by atoms with Crippen LogP contribution in [0, 0.1) is 16.0 Å². The highest BCUT2D eigenvalue weighted by atomic mass is 35.5. The fourth-order valence-corrected chi connectivity index (χ4v) is 2.45. The number of carbonyl (C=O) groups excluding carboxylic acids is 1. The Kier molecular flexibility index (Phi) is 7.11. The van der Waals surface area contributed by atoms with E-state index in [2.05, 4.69) is 10.6 Å². The van der Waals surface area contributed by atoms with Crippen LogP contribution < -0.4 is 10.6 Å². The lowest BCUT2D eigenvalue weighted by Crippen LogP contribution is -2.32. The predicted molar refractivity (Wildman–Crippen MR) is 82.4 cm³/mol. The van der Waals surface area contributed by atoms with Gasteiger partial charge >= 0.3 is 0 Å². The van der Waals surface area contributed by atoms with Crippen LogP contribution in [0.2, 0.25) is 0 Å². The van der Waals surface area contributed by atoms with Crippen molar-refractivity contribution in [1.29, 1.82) is 0 Å². The molecule has 2 rings (SSSR count). The second-order valence-corrected chi connectivity index (χ2v) is 5.06. The van der Waals surface area contributed by atoms with Gasteiger partial charge in [0.05, 0.1) is 4.92 Å². The molecule has 0 spiro atoms. The Labute approximate surface area is 129 Å². The Morgan fingerprint density at radius 3 is 2.67 bits per heavy atom. The number of piperidine rings is 1. The second kappa shape index (κ2) is 8.59. The van der Waals surface area contributed by atoms with Crippen LogP contribution in [0.1, 0.15) is 24.8 Å². The lowest BCUT2D eigenvalue weighted by atomic mass is 9.94. The molecule has 0 radical (unpaired) electrons. The van der Waals surface area contributed by atoms with Crippen molar-refractivity contribution in [3.05, 3.63) is 39.9 Å². The third-order valence-electron chi connectivity index (χ3n) is 3.60. The SMILES string of the molecule is Cl.O=C(CC1CCNCC1)NCc1ccccc1[N+](=O)[O-]. The first-order chi connectivity index (χ1) is 9.66. The molecule has 1 heterocycles. The minimum atomic E-state index is -0.422. The molecule has 1 fully saturated rings. The average Bonchev–Trinajstić information content (AvgIpc) is 2.46. The van der Waals surface area contributed by atoms with Crippen LogP contribution in [0.5, 0.6) is 0 Å². The lowest BCUT2D eigenvalue weighted by Gasteiger charge is -2.21. The molecule has 1 aliphatic rings. The Morgan fingerprint density at radius 2 is 2.00 bits per heavy atom. The molecule has 0 atom stereocenters. The molecule has 1 aliphatic heterocycles. The summed E-state index contributed by atoms with van der Waals surface area (Å²) in [6, 6.07) is 6.48. The number of carbonyl (C=O) groups is 1. The number of benzene rings is 1. The minimum Gasteiger partial charge on any atom is -0.352 e. The fraction of sp³-hybridized carbons (Fsp3) is 0.500. The van der Waals surface area contributed by atoms with Gasteiger partial charge in [0, 0.05) is 24.6 Å². The number of nitrogens with zero attached hydrogens (tertiary/aromatic N) is 1. The zero-order valence-corrected chi connectivity index (χ0v) is 12.5. The molecule has 1 saturated heterocycles. The average molecular weight is 314 g/mol. The van der Waals surface area contributed by atoms with Crippen LogP contribution in [0.25, 0.3) is 0 Å². The molecule has 2 N–H and O–H groups in total. The molecule has 6 nitrogen and oxygen atoms in total. The summed E-state index contributed by atoms with van der Waals surface area (Å²) in [6.07, 6.45) is 2.53.